The first-order valence-corrected chi connectivity index (χ1v) is 4.92. The third-order valence-corrected chi connectivity index (χ3v) is 2.72. The van der Waals surface area contributed by atoms with E-state index in [0.29, 0.717) is 0 Å². The molecular formula is C10H18F3NO. The molecule has 0 aliphatic rings. The second-order valence-corrected chi connectivity index (χ2v) is 4.50. The number of halogens is 3. The fourth-order valence-corrected chi connectivity index (χ4v) is 0.808. The van der Waals surface area contributed by atoms with Crippen molar-refractivity contribution in [3.63, 3.8) is 0 Å². The standard InChI is InChI=1S/C10H18F3NO/c1-7(2)9(3,4)8(15)14-6-5-10(11,12)13/h7H,5-6H2,1-4H3,(H,14,15). The maximum atomic E-state index is 11.8. The minimum Gasteiger partial charge on any atom is -0.355 e. The highest BCUT2D eigenvalue weighted by Crippen LogP contribution is 2.26. The van der Waals surface area contributed by atoms with Gasteiger partial charge in [0.25, 0.3) is 0 Å². The summed E-state index contributed by atoms with van der Waals surface area (Å²) in [5.41, 5.74) is -0.633. The topological polar surface area (TPSA) is 29.1 Å². The predicted molar refractivity (Wildman–Crippen MR) is 52.3 cm³/mol. The van der Waals surface area contributed by atoms with Crippen molar-refractivity contribution in [3.8, 4) is 0 Å². The van der Waals surface area contributed by atoms with Crippen molar-refractivity contribution in [2.45, 2.75) is 40.3 Å². The molecule has 0 spiro atoms. The molecule has 1 N–H and O–H groups in total. The molecule has 0 aromatic heterocycles. The van der Waals surface area contributed by atoms with Crippen LogP contribution in [0.5, 0.6) is 0 Å². The molecule has 0 fully saturated rings. The van der Waals surface area contributed by atoms with E-state index in [9.17, 15) is 18.0 Å². The Morgan fingerprint density at radius 2 is 1.73 bits per heavy atom. The van der Waals surface area contributed by atoms with Crippen LogP contribution in [0.25, 0.3) is 0 Å². The molecule has 2 nitrogen and oxygen atoms in total. The van der Waals surface area contributed by atoms with Crippen molar-refractivity contribution in [2.24, 2.45) is 11.3 Å². The number of carbonyl (C=O) groups is 1. The van der Waals surface area contributed by atoms with Gasteiger partial charge in [-0.15, -0.1) is 0 Å². The highest BCUT2D eigenvalue weighted by Gasteiger charge is 2.32. The van der Waals surface area contributed by atoms with Crippen LogP contribution in [0.1, 0.15) is 34.1 Å². The van der Waals surface area contributed by atoms with Gasteiger partial charge in [-0.1, -0.05) is 27.7 Å². The molecule has 0 bridgehead atoms. The second kappa shape index (κ2) is 4.86. The van der Waals surface area contributed by atoms with Crippen LogP contribution in [0.4, 0.5) is 13.2 Å². The van der Waals surface area contributed by atoms with Crippen LogP contribution < -0.4 is 5.32 Å². The Hall–Kier alpha value is -0.740. The summed E-state index contributed by atoms with van der Waals surface area (Å²) in [5, 5.41) is 2.30. The van der Waals surface area contributed by atoms with Gasteiger partial charge in [0.2, 0.25) is 5.91 Å². The van der Waals surface area contributed by atoms with E-state index in [1.54, 1.807) is 13.8 Å². The molecule has 1 amide bonds. The Morgan fingerprint density at radius 3 is 2.07 bits per heavy atom. The van der Waals surface area contributed by atoms with E-state index in [0.717, 1.165) is 0 Å². The fraction of sp³-hybridized carbons (Fsp3) is 0.900. The third-order valence-electron chi connectivity index (χ3n) is 2.72. The molecular weight excluding hydrogens is 207 g/mol. The SMILES string of the molecule is CC(C)C(C)(C)C(=O)NCCC(F)(F)F. The van der Waals surface area contributed by atoms with E-state index in [1.165, 1.54) is 0 Å². The number of hydrogen-bond donors (Lipinski definition) is 1. The largest absolute Gasteiger partial charge is 0.390 e. The first kappa shape index (κ1) is 14.3. The van der Waals surface area contributed by atoms with E-state index in [-0.39, 0.29) is 18.4 Å². The molecule has 0 saturated carbocycles. The molecule has 0 atom stereocenters. The van der Waals surface area contributed by atoms with Crippen LogP contribution in [0.2, 0.25) is 0 Å². The molecule has 90 valence electrons. The third kappa shape index (κ3) is 5.04. The van der Waals surface area contributed by atoms with Crippen LogP contribution in [0.3, 0.4) is 0 Å². The van der Waals surface area contributed by atoms with Gasteiger partial charge < -0.3 is 5.32 Å². The first-order valence-electron chi connectivity index (χ1n) is 4.92. The zero-order valence-electron chi connectivity index (χ0n) is 9.53. The lowest BCUT2D eigenvalue weighted by Gasteiger charge is -2.27. The normalized spacial score (nSPS) is 13.1. The van der Waals surface area contributed by atoms with Crippen molar-refractivity contribution in [1.29, 1.82) is 0 Å². The smallest absolute Gasteiger partial charge is 0.355 e. The number of amides is 1. The Balaban J connectivity index is 4.06. The summed E-state index contributed by atoms with van der Waals surface area (Å²) in [6.45, 7) is 6.83. The van der Waals surface area contributed by atoms with Gasteiger partial charge in [-0.25, -0.2) is 0 Å². The van der Waals surface area contributed by atoms with Gasteiger partial charge in [0.05, 0.1) is 6.42 Å². The summed E-state index contributed by atoms with van der Waals surface area (Å²) >= 11 is 0. The minimum atomic E-state index is -4.21. The summed E-state index contributed by atoms with van der Waals surface area (Å²) in [6.07, 6.45) is -5.19. The van der Waals surface area contributed by atoms with Gasteiger partial charge >= 0.3 is 6.18 Å². The molecule has 0 aromatic carbocycles. The number of hydrogen-bond acceptors (Lipinski definition) is 1. The number of rotatable bonds is 4. The lowest BCUT2D eigenvalue weighted by Crippen LogP contribution is -2.41. The average Bonchev–Trinajstić information content (AvgIpc) is 2.01. The zero-order chi connectivity index (χ0) is 12.3. The Bertz CT molecular complexity index is 221. The van der Waals surface area contributed by atoms with Gasteiger partial charge in [0, 0.05) is 12.0 Å². The molecule has 0 radical (unpaired) electrons. The van der Waals surface area contributed by atoms with E-state index in [2.05, 4.69) is 5.32 Å². The molecule has 0 heterocycles. The Labute approximate surface area is 88.2 Å². The van der Waals surface area contributed by atoms with Gasteiger partial charge in [-0.3, -0.25) is 4.79 Å². The maximum absolute atomic E-state index is 11.8. The first-order chi connectivity index (χ1) is 6.57. The lowest BCUT2D eigenvalue weighted by molar-refractivity contribution is -0.139. The van der Waals surface area contributed by atoms with E-state index < -0.39 is 18.0 Å². The molecule has 0 aliphatic carbocycles. The van der Waals surface area contributed by atoms with Crippen molar-refractivity contribution in [1.82, 2.24) is 5.32 Å². The molecule has 0 rings (SSSR count). The summed E-state index contributed by atoms with van der Waals surface area (Å²) in [4.78, 5) is 11.5. The second-order valence-electron chi connectivity index (χ2n) is 4.50. The molecule has 0 aromatic rings. The predicted octanol–water partition coefficient (Wildman–Crippen LogP) is 2.74. The van der Waals surface area contributed by atoms with E-state index in [4.69, 9.17) is 0 Å². The summed E-state index contributed by atoms with van der Waals surface area (Å²) in [5.74, 6) is -0.245. The molecule has 5 heteroatoms. The van der Waals surface area contributed by atoms with Crippen molar-refractivity contribution in [2.75, 3.05) is 6.54 Å². The van der Waals surface area contributed by atoms with Crippen molar-refractivity contribution in [3.05, 3.63) is 0 Å². The van der Waals surface area contributed by atoms with E-state index in [1.807, 2.05) is 13.8 Å². The molecule has 0 aliphatic heterocycles. The molecule has 15 heavy (non-hydrogen) atoms. The van der Waals surface area contributed by atoms with Crippen LogP contribution in [0, 0.1) is 11.3 Å². The number of nitrogens with one attached hydrogen (secondary N) is 1. The van der Waals surface area contributed by atoms with Gasteiger partial charge in [0.1, 0.15) is 0 Å². The minimum absolute atomic E-state index is 0.0865. The Morgan fingerprint density at radius 1 is 1.27 bits per heavy atom. The summed E-state index contributed by atoms with van der Waals surface area (Å²) in [6, 6.07) is 0. The molecule has 0 unspecified atom stereocenters. The Kier molecular flexibility index (Phi) is 4.62. The number of alkyl halides is 3. The van der Waals surface area contributed by atoms with Crippen LogP contribution in [0.15, 0.2) is 0 Å². The van der Waals surface area contributed by atoms with Crippen molar-refractivity contribution >= 4 is 5.91 Å². The van der Waals surface area contributed by atoms with Crippen LogP contribution in [-0.2, 0) is 4.79 Å². The highest BCUT2D eigenvalue weighted by molar-refractivity contribution is 5.81. The van der Waals surface area contributed by atoms with Crippen LogP contribution >= 0.6 is 0 Å². The van der Waals surface area contributed by atoms with Gasteiger partial charge in [-0.2, -0.15) is 13.2 Å². The van der Waals surface area contributed by atoms with Crippen molar-refractivity contribution < 1.29 is 18.0 Å². The maximum Gasteiger partial charge on any atom is 0.390 e. The zero-order valence-corrected chi connectivity index (χ0v) is 9.53. The fourth-order valence-electron chi connectivity index (χ4n) is 0.808. The average molecular weight is 225 g/mol. The summed E-state index contributed by atoms with van der Waals surface area (Å²) < 4.78 is 35.4. The summed E-state index contributed by atoms with van der Waals surface area (Å²) in [7, 11) is 0. The van der Waals surface area contributed by atoms with E-state index >= 15 is 0 Å². The quantitative estimate of drug-likeness (QED) is 0.783. The highest BCUT2D eigenvalue weighted by atomic mass is 19.4. The van der Waals surface area contributed by atoms with Gasteiger partial charge in [0.15, 0.2) is 0 Å². The lowest BCUT2D eigenvalue weighted by atomic mass is 9.80. The van der Waals surface area contributed by atoms with Gasteiger partial charge in [-0.05, 0) is 5.92 Å². The number of carbonyl (C=O) groups excluding carboxylic acids is 1. The van der Waals surface area contributed by atoms with Crippen LogP contribution in [-0.4, -0.2) is 18.6 Å². The monoisotopic (exact) mass is 225 g/mol. The molecule has 0 saturated heterocycles.